The first-order chi connectivity index (χ1) is 31.6. The van der Waals surface area contributed by atoms with E-state index in [1.165, 1.54) is 6.92 Å². The first-order valence-electron chi connectivity index (χ1n) is 25.3. The van der Waals surface area contributed by atoms with Crippen molar-refractivity contribution in [1.82, 2.24) is 5.32 Å². The fraction of sp³-hybridized carbons (Fsp3) is 0.959. The van der Waals surface area contributed by atoms with Crippen LogP contribution in [0.15, 0.2) is 0 Å². The molecule has 7 rings (SSSR count). The number of hydrogen-bond donors (Lipinski definition) is 10. The molecule has 7 aliphatic rings. The monoisotopic (exact) mass is 958 g/mol. The van der Waals surface area contributed by atoms with Crippen molar-refractivity contribution in [2.75, 3.05) is 19.8 Å². The zero-order chi connectivity index (χ0) is 48.9. The number of carbonyl (C=O) groups is 2. The van der Waals surface area contributed by atoms with Crippen LogP contribution in [0.3, 0.4) is 0 Å². The summed E-state index contributed by atoms with van der Waals surface area (Å²) in [6.45, 7) is 13.8. The van der Waals surface area contributed by atoms with Gasteiger partial charge in [0.05, 0.1) is 31.5 Å². The van der Waals surface area contributed by atoms with E-state index in [9.17, 15) is 55.5 Å². The Morgan fingerprint density at radius 3 is 2.09 bits per heavy atom. The maximum atomic E-state index is 13.8. The smallest absolute Gasteiger partial charge is 0.220 e. The van der Waals surface area contributed by atoms with Crippen LogP contribution in [0.5, 0.6) is 0 Å². The summed E-state index contributed by atoms with van der Waals surface area (Å²) < 4.78 is 35.5. The van der Waals surface area contributed by atoms with Gasteiger partial charge in [0.1, 0.15) is 66.8 Å². The summed E-state index contributed by atoms with van der Waals surface area (Å²) in [6, 6.07) is 0. The van der Waals surface area contributed by atoms with Crippen LogP contribution in [0.25, 0.3) is 0 Å². The Balaban J connectivity index is 0.936. The van der Waals surface area contributed by atoms with Crippen molar-refractivity contribution in [1.29, 1.82) is 0 Å². The zero-order valence-corrected chi connectivity index (χ0v) is 40.5. The van der Waals surface area contributed by atoms with Gasteiger partial charge in [0.25, 0.3) is 0 Å². The molecule has 0 aromatic rings. The van der Waals surface area contributed by atoms with Crippen molar-refractivity contribution in [3.05, 3.63) is 0 Å². The van der Waals surface area contributed by atoms with Gasteiger partial charge in [0, 0.05) is 25.3 Å². The number of carbonyl (C=O) groups excluding carboxylic acids is 2. The minimum atomic E-state index is -1.73. The lowest BCUT2D eigenvalue weighted by atomic mass is 9.44. The molecule has 0 spiro atoms. The third-order valence-corrected chi connectivity index (χ3v) is 17.9. The molecule has 25 atom stereocenters. The van der Waals surface area contributed by atoms with E-state index in [4.69, 9.17) is 28.4 Å². The van der Waals surface area contributed by atoms with Crippen LogP contribution in [-0.4, -0.2) is 176 Å². The molecule has 67 heavy (non-hydrogen) atoms. The summed E-state index contributed by atoms with van der Waals surface area (Å²) in [5.41, 5.74) is -0.121. The molecular formula is C49H83NO17. The molecule has 0 bridgehead atoms. The summed E-state index contributed by atoms with van der Waals surface area (Å²) in [4.78, 5) is 25.9. The van der Waals surface area contributed by atoms with E-state index in [1.54, 1.807) is 0 Å². The number of aliphatic hydroxyl groups excluding tert-OH is 9. The van der Waals surface area contributed by atoms with Gasteiger partial charge < -0.3 is 79.7 Å². The average molecular weight is 958 g/mol. The minimum Gasteiger partial charge on any atom is -0.394 e. The lowest BCUT2D eigenvalue weighted by molar-refractivity contribution is -0.383. The molecule has 10 N–H and O–H groups in total. The van der Waals surface area contributed by atoms with Crippen molar-refractivity contribution in [2.45, 2.75) is 217 Å². The van der Waals surface area contributed by atoms with Gasteiger partial charge in [-0.05, 0) is 117 Å². The number of nitrogens with one attached hydrogen (secondary N) is 1. The third kappa shape index (κ3) is 10.8. The number of ether oxygens (including phenoxy) is 6. The fourth-order valence-corrected chi connectivity index (χ4v) is 13.9. The second-order valence-electron chi connectivity index (χ2n) is 22.7. The van der Waals surface area contributed by atoms with Crippen molar-refractivity contribution >= 4 is 11.7 Å². The van der Waals surface area contributed by atoms with Gasteiger partial charge in [-0.25, -0.2) is 0 Å². The molecule has 4 aliphatic carbocycles. The van der Waals surface area contributed by atoms with E-state index in [1.807, 2.05) is 20.8 Å². The summed E-state index contributed by atoms with van der Waals surface area (Å²) in [7, 11) is 0. The lowest BCUT2D eigenvalue weighted by Gasteiger charge is -2.61. The topological polar surface area (TPSA) is 284 Å². The number of amides is 1. The Labute approximate surface area is 395 Å². The van der Waals surface area contributed by atoms with Crippen LogP contribution in [0.2, 0.25) is 0 Å². The highest BCUT2D eigenvalue weighted by atomic mass is 16.8. The molecule has 0 radical (unpaired) electrons. The summed E-state index contributed by atoms with van der Waals surface area (Å²) in [6.07, 6.45) is -13.1. The van der Waals surface area contributed by atoms with Gasteiger partial charge in [0.15, 0.2) is 18.9 Å². The lowest BCUT2D eigenvalue weighted by Crippen LogP contribution is -2.66. The highest BCUT2D eigenvalue weighted by Gasteiger charge is 2.64. The van der Waals surface area contributed by atoms with E-state index < -0.39 is 105 Å². The molecule has 3 saturated heterocycles. The standard InChI is InChI=1S/C49H83NO17/c1-22(2)16-35(55)50-19-23(3)8-11-31(52)24(4)36-32(53)18-30-28-10-9-26-17-27(12-14-48(26,6)29(28)13-15-49(30,36)7)64-46-42(61)40(59)43(34(20-51)65-46)66-47-44(39(58)37(56)25(5)63-47)67-45-41(60)38(57)33(54)21-62-45/h22-30,32-34,36-47,51,53-54,56-61H,8-21H2,1-7H3,(H,50,55)/t23?,24-,25+,26+,27+,28-,29+,30+,32-,33-,34-,36+,37+,38+,39-,40-,41-,42-,43-,44-,45+,46-,47+,48+,49+/m1/s1. The molecule has 386 valence electrons. The van der Waals surface area contributed by atoms with Crippen LogP contribution in [-0.2, 0) is 38.0 Å². The van der Waals surface area contributed by atoms with Crippen molar-refractivity contribution in [3.8, 4) is 0 Å². The molecular weight excluding hydrogens is 875 g/mol. The number of fused-ring (bicyclic) bond motifs is 5. The Hall–Kier alpha value is -1.46. The molecule has 1 unspecified atom stereocenters. The average Bonchev–Trinajstić information content (AvgIpc) is 3.56. The maximum absolute atomic E-state index is 13.8. The number of aliphatic hydroxyl groups is 9. The first-order valence-corrected chi connectivity index (χ1v) is 25.3. The van der Waals surface area contributed by atoms with Crippen LogP contribution in [0.4, 0.5) is 0 Å². The molecule has 1 amide bonds. The number of Topliss-reactive ketones (excluding diaryl/α,β-unsaturated/α-hetero) is 1. The molecule has 3 heterocycles. The van der Waals surface area contributed by atoms with Gasteiger partial charge >= 0.3 is 0 Å². The Bertz CT molecular complexity index is 1660. The molecule has 0 aromatic carbocycles. The van der Waals surface area contributed by atoms with Gasteiger partial charge in [-0.15, -0.1) is 0 Å². The zero-order valence-electron chi connectivity index (χ0n) is 40.5. The highest BCUT2D eigenvalue weighted by molar-refractivity contribution is 5.81. The molecule has 18 heteroatoms. The largest absolute Gasteiger partial charge is 0.394 e. The second kappa shape index (κ2) is 21.7. The molecule has 4 saturated carbocycles. The second-order valence-corrected chi connectivity index (χ2v) is 22.7. The van der Waals surface area contributed by atoms with Crippen molar-refractivity contribution < 1.29 is 84.0 Å². The van der Waals surface area contributed by atoms with Gasteiger partial charge in [-0.1, -0.05) is 41.5 Å². The first kappa shape index (κ1) is 53.3. The van der Waals surface area contributed by atoms with E-state index in [0.717, 1.165) is 38.5 Å². The minimum absolute atomic E-state index is 0.0257. The predicted molar refractivity (Wildman–Crippen MR) is 238 cm³/mol. The van der Waals surface area contributed by atoms with Crippen LogP contribution >= 0.6 is 0 Å². The van der Waals surface area contributed by atoms with Gasteiger partial charge in [-0.3, -0.25) is 9.59 Å². The summed E-state index contributed by atoms with van der Waals surface area (Å²) in [5.74, 6) is 1.87. The SMILES string of the molecule is CC(C)CC(=O)NCC(C)CCC(=O)[C@@H](C)[C@H]1[C@H](O)C[C@H]2[C@@H]3CC[C@H]4C[C@@H](O[C@@H]5O[C@H](CO)[C@@H](O[C@@H]6O[C@@H](C)[C@H](O)[C@@H](O)[C@H]6O[C@@H]6OC[C@@H](O)[C@H](O)[C@H]6O)[C@H](O)[C@H]5O)CC[C@]4(C)[C@H]3CC[C@]12C. The van der Waals surface area contributed by atoms with E-state index in [-0.39, 0.29) is 46.4 Å². The highest BCUT2D eigenvalue weighted by Crippen LogP contribution is 2.68. The van der Waals surface area contributed by atoms with E-state index in [2.05, 4.69) is 26.1 Å². The Morgan fingerprint density at radius 1 is 0.716 bits per heavy atom. The Kier molecular flexibility index (Phi) is 17.3. The Morgan fingerprint density at radius 2 is 1.39 bits per heavy atom. The van der Waals surface area contributed by atoms with E-state index >= 15 is 0 Å². The number of hydrogen-bond acceptors (Lipinski definition) is 17. The van der Waals surface area contributed by atoms with Crippen molar-refractivity contribution in [2.24, 2.45) is 58.2 Å². The number of ketones is 1. The van der Waals surface area contributed by atoms with Gasteiger partial charge in [-0.2, -0.15) is 0 Å². The molecule has 3 aliphatic heterocycles. The predicted octanol–water partition coefficient (Wildman–Crippen LogP) is 0.900. The quantitative estimate of drug-likeness (QED) is 0.0963. The summed E-state index contributed by atoms with van der Waals surface area (Å²) in [5, 5.41) is 100. The molecule has 18 nitrogen and oxygen atoms in total. The molecule has 0 aromatic heterocycles. The van der Waals surface area contributed by atoms with Crippen LogP contribution in [0.1, 0.15) is 119 Å². The van der Waals surface area contributed by atoms with E-state index in [0.29, 0.717) is 68.2 Å². The third-order valence-electron chi connectivity index (χ3n) is 17.9. The normalized spacial score (nSPS) is 48.8. The number of rotatable bonds is 16. The van der Waals surface area contributed by atoms with Crippen LogP contribution in [0, 0.1) is 58.2 Å². The van der Waals surface area contributed by atoms with Crippen LogP contribution < -0.4 is 5.32 Å². The summed E-state index contributed by atoms with van der Waals surface area (Å²) >= 11 is 0. The molecule has 7 fully saturated rings. The maximum Gasteiger partial charge on any atom is 0.220 e. The fourth-order valence-electron chi connectivity index (χ4n) is 13.9. The van der Waals surface area contributed by atoms with Gasteiger partial charge in [0.2, 0.25) is 5.91 Å². The van der Waals surface area contributed by atoms with Crippen molar-refractivity contribution in [3.63, 3.8) is 0 Å².